The van der Waals surface area contributed by atoms with Crippen molar-refractivity contribution >= 4 is 17.0 Å². The molecule has 0 amide bonds. The topological polar surface area (TPSA) is 75.9 Å². The average molecular weight is 519 g/mol. The van der Waals surface area contributed by atoms with Crippen molar-refractivity contribution in [1.82, 2.24) is 24.8 Å². The summed E-state index contributed by atoms with van der Waals surface area (Å²) in [6.45, 7) is 2.77. The zero-order valence-corrected chi connectivity index (χ0v) is 22.2. The molecule has 2 fully saturated rings. The van der Waals surface area contributed by atoms with Crippen molar-refractivity contribution in [2.45, 2.75) is 57.0 Å². The van der Waals surface area contributed by atoms with Gasteiger partial charge in [0, 0.05) is 61.0 Å². The Balaban J connectivity index is 1.22. The first kappa shape index (κ1) is 25.3. The quantitative estimate of drug-likeness (QED) is 0.379. The van der Waals surface area contributed by atoms with Crippen LogP contribution in [0, 0.1) is 11.8 Å². The predicted octanol–water partition coefficient (Wildman–Crippen LogP) is 4.50. The highest BCUT2D eigenvalue weighted by atomic mass is 16.1. The molecule has 2 aliphatic rings. The second-order valence-corrected chi connectivity index (χ2v) is 10.6. The van der Waals surface area contributed by atoms with Crippen LogP contribution in [0.3, 0.4) is 0 Å². The SMILES string of the molecule is O=c1cc(C#Cc2cccnc2)c2cnc(N3CCC(NCCc4ccccc4)CC3)nc2n1C1CCCC1. The molecule has 1 aliphatic heterocycles. The van der Waals surface area contributed by atoms with Gasteiger partial charge in [-0.3, -0.25) is 14.3 Å². The normalized spacial score (nSPS) is 16.4. The van der Waals surface area contributed by atoms with Crippen molar-refractivity contribution in [2.75, 3.05) is 24.5 Å². The van der Waals surface area contributed by atoms with E-state index in [1.165, 1.54) is 5.56 Å². The van der Waals surface area contributed by atoms with Gasteiger partial charge in [0.25, 0.3) is 5.56 Å². The van der Waals surface area contributed by atoms with Crippen molar-refractivity contribution in [1.29, 1.82) is 0 Å². The summed E-state index contributed by atoms with van der Waals surface area (Å²) in [6.07, 6.45) is 12.7. The van der Waals surface area contributed by atoms with Crippen LogP contribution in [-0.4, -0.2) is 45.2 Å². The lowest BCUT2D eigenvalue weighted by atomic mass is 10.0. The van der Waals surface area contributed by atoms with Gasteiger partial charge in [-0.1, -0.05) is 55.0 Å². The number of piperidine rings is 1. The Bertz CT molecular complexity index is 1530. The summed E-state index contributed by atoms with van der Waals surface area (Å²) in [5, 5.41) is 4.56. The van der Waals surface area contributed by atoms with E-state index in [0.29, 0.717) is 23.2 Å². The molecule has 1 saturated heterocycles. The Morgan fingerprint density at radius 1 is 0.949 bits per heavy atom. The van der Waals surface area contributed by atoms with Crippen molar-refractivity contribution in [3.05, 3.63) is 94.2 Å². The van der Waals surface area contributed by atoms with Crippen LogP contribution in [0.25, 0.3) is 11.0 Å². The summed E-state index contributed by atoms with van der Waals surface area (Å²) in [5.41, 5.74) is 3.52. The fraction of sp³-hybridized carbons (Fsp3) is 0.375. The van der Waals surface area contributed by atoms with Gasteiger partial charge in [0.15, 0.2) is 0 Å². The Hall–Kier alpha value is -4.02. The lowest BCUT2D eigenvalue weighted by molar-refractivity contribution is 0.415. The predicted molar refractivity (Wildman–Crippen MR) is 155 cm³/mol. The second kappa shape index (κ2) is 11.8. The van der Waals surface area contributed by atoms with Gasteiger partial charge in [-0.05, 0) is 56.3 Å². The largest absolute Gasteiger partial charge is 0.341 e. The first-order chi connectivity index (χ1) is 19.2. The van der Waals surface area contributed by atoms with Crippen LogP contribution in [0.15, 0.2) is 71.9 Å². The van der Waals surface area contributed by atoms with Crippen molar-refractivity contribution in [2.24, 2.45) is 0 Å². The maximum Gasteiger partial charge on any atom is 0.253 e. The fourth-order valence-electron chi connectivity index (χ4n) is 5.81. The first-order valence-electron chi connectivity index (χ1n) is 14.1. The maximum atomic E-state index is 13.4. The van der Waals surface area contributed by atoms with Gasteiger partial charge in [0.2, 0.25) is 5.95 Å². The van der Waals surface area contributed by atoms with Crippen LogP contribution < -0.4 is 15.8 Å². The monoisotopic (exact) mass is 518 g/mol. The number of pyridine rings is 2. The maximum absolute atomic E-state index is 13.4. The van der Waals surface area contributed by atoms with Crippen molar-refractivity contribution in [3.63, 3.8) is 0 Å². The summed E-state index contributed by atoms with van der Waals surface area (Å²) in [5.74, 6) is 7.04. The van der Waals surface area contributed by atoms with Crippen LogP contribution in [0.2, 0.25) is 0 Å². The summed E-state index contributed by atoms with van der Waals surface area (Å²) in [4.78, 5) is 29.6. The van der Waals surface area contributed by atoms with Crippen molar-refractivity contribution < 1.29 is 0 Å². The smallest absolute Gasteiger partial charge is 0.253 e. The van der Waals surface area contributed by atoms with Gasteiger partial charge in [0.1, 0.15) is 5.65 Å². The third-order valence-corrected chi connectivity index (χ3v) is 7.94. The molecule has 3 aromatic heterocycles. The Morgan fingerprint density at radius 3 is 2.54 bits per heavy atom. The molecular formula is C32H34N6O. The van der Waals surface area contributed by atoms with Gasteiger partial charge in [-0.2, -0.15) is 4.98 Å². The third kappa shape index (κ3) is 5.86. The summed E-state index contributed by atoms with van der Waals surface area (Å²) < 4.78 is 1.90. The minimum Gasteiger partial charge on any atom is -0.341 e. The summed E-state index contributed by atoms with van der Waals surface area (Å²) >= 11 is 0. The van der Waals surface area contributed by atoms with E-state index in [1.807, 2.05) is 22.9 Å². The molecule has 1 N–H and O–H groups in total. The van der Waals surface area contributed by atoms with E-state index in [2.05, 4.69) is 57.4 Å². The van der Waals surface area contributed by atoms with E-state index >= 15 is 0 Å². The zero-order valence-electron chi connectivity index (χ0n) is 22.2. The van der Waals surface area contributed by atoms with Crippen LogP contribution in [0.5, 0.6) is 0 Å². The first-order valence-corrected chi connectivity index (χ1v) is 14.1. The standard InChI is InChI=1S/C32H34N6O/c39-30-21-26(13-12-25-9-6-17-33-22-25)29-23-35-32(36-31(29)38(30)28-10-4-5-11-28)37-19-15-27(16-20-37)34-18-14-24-7-2-1-3-8-24/h1-3,6-9,17,21-23,27-28,34H,4-5,10-11,14-16,18-20H2. The molecule has 0 unspecified atom stereocenters. The van der Waals surface area contributed by atoms with E-state index in [4.69, 9.17) is 9.97 Å². The van der Waals surface area contributed by atoms with E-state index in [1.54, 1.807) is 18.5 Å². The van der Waals surface area contributed by atoms with E-state index in [-0.39, 0.29) is 11.6 Å². The molecule has 7 heteroatoms. The number of rotatable bonds is 6. The van der Waals surface area contributed by atoms with E-state index < -0.39 is 0 Å². The lowest BCUT2D eigenvalue weighted by Gasteiger charge is -2.32. The number of aromatic nitrogens is 4. The average Bonchev–Trinajstić information content (AvgIpc) is 3.51. The number of nitrogens with zero attached hydrogens (tertiary/aromatic N) is 5. The molecule has 0 radical (unpaired) electrons. The van der Waals surface area contributed by atoms with E-state index in [0.717, 1.165) is 75.5 Å². The molecule has 1 aromatic carbocycles. The van der Waals surface area contributed by atoms with E-state index in [9.17, 15) is 4.79 Å². The number of fused-ring (bicyclic) bond motifs is 1. The molecular weight excluding hydrogens is 484 g/mol. The lowest BCUT2D eigenvalue weighted by Crippen LogP contribution is -2.43. The molecule has 1 saturated carbocycles. The van der Waals surface area contributed by atoms with Gasteiger partial charge in [-0.15, -0.1) is 0 Å². The van der Waals surface area contributed by atoms with Gasteiger partial charge in [-0.25, -0.2) is 4.98 Å². The Morgan fingerprint density at radius 2 is 1.77 bits per heavy atom. The van der Waals surface area contributed by atoms with Crippen LogP contribution in [0.4, 0.5) is 5.95 Å². The molecule has 198 valence electrons. The number of anilines is 1. The molecule has 6 rings (SSSR count). The molecule has 4 aromatic rings. The highest BCUT2D eigenvalue weighted by Crippen LogP contribution is 2.31. The molecule has 4 heterocycles. The number of hydrogen-bond donors (Lipinski definition) is 1. The highest BCUT2D eigenvalue weighted by molar-refractivity contribution is 5.82. The summed E-state index contributed by atoms with van der Waals surface area (Å²) in [6, 6.07) is 16.7. The third-order valence-electron chi connectivity index (χ3n) is 7.94. The van der Waals surface area contributed by atoms with Gasteiger partial charge >= 0.3 is 0 Å². The van der Waals surface area contributed by atoms with Crippen LogP contribution in [-0.2, 0) is 6.42 Å². The number of benzene rings is 1. The van der Waals surface area contributed by atoms with Crippen LogP contribution in [0.1, 0.15) is 61.3 Å². The van der Waals surface area contributed by atoms with Gasteiger partial charge < -0.3 is 10.2 Å². The number of nitrogens with one attached hydrogen (secondary N) is 1. The molecule has 0 spiro atoms. The minimum absolute atomic E-state index is 0.0316. The molecule has 7 nitrogen and oxygen atoms in total. The summed E-state index contributed by atoms with van der Waals surface area (Å²) in [7, 11) is 0. The minimum atomic E-state index is -0.0316. The Labute approximate surface area is 229 Å². The Kier molecular flexibility index (Phi) is 7.64. The van der Waals surface area contributed by atoms with Crippen LogP contribution >= 0.6 is 0 Å². The van der Waals surface area contributed by atoms with Crippen molar-refractivity contribution in [3.8, 4) is 11.8 Å². The van der Waals surface area contributed by atoms with Gasteiger partial charge in [0.05, 0.1) is 5.39 Å². The molecule has 1 aliphatic carbocycles. The highest BCUT2D eigenvalue weighted by Gasteiger charge is 2.24. The molecule has 0 atom stereocenters. The molecule has 0 bridgehead atoms. The molecule has 39 heavy (non-hydrogen) atoms. The fourth-order valence-corrected chi connectivity index (χ4v) is 5.81. The zero-order chi connectivity index (χ0) is 26.4. The number of hydrogen-bond acceptors (Lipinski definition) is 6. The second-order valence-electron chi connectivity index (χ2n) is 10.6.